The van der Waals surface area contributed by atoms with Crippen LogP contribution >= 0.6 is 15.9 Å². The predicted octanol–water partition coefficient (Wildman–Crippen LogP) is 1.83. The molecule has 1 aromatic heterocycles. The molecule has 0 aromatic carbocycles. The molecule has 0 aliphatic rings. The van der Waals surface area contributed by atoms with Gasteiger partial charge in [-0.15, -0.1) is 0 Å². The van der Waals surface area contributed by atoms with E-state index in [2.05, 4.69) is 26.2 Å². The van der Waals surface area contributed by atoms with E-state index in [1.54, 1.807) is 24.1 Å². The minimum atomic E-state index is -0.550. The summed E-state index contributed by atoms with van der Waals surface area (Å²) in [6.07, 6.45) is 3.07. The van der Waals surface area contributed by atoms with Crippen molar-refractivity contribution in [2.45, 2.75) is 26.8 Å². The van der Waals surface area contributed by atoms with Crippen molar-refractivity contribution in [3.05, 3.63) is 28.5 Å². The average Bonchev–Trinajstić information content (AvgIpc) is 2.39. The molecule has 5 nitrogen and oxygen atoms in total. The minimum absolute atomic E-state index is 0.0821. The predicted molar refractivity (Wildman–Crippen MR) is 76.8 cm³/mol. The van der Waals surface area contributed by atoms with Crippen LogP contribution in [0.3, 0.4) is 0 Å². The van der Waals surface area contributed by atoms with Crippen LogP contribution < -0.4 is 5.32 Å². The van der Waals surface area contributed by atoms with E-state index in [0.29, 0.717) is 18.7 Å². The molecule has 0 radical (unpaired) electrons. The Morgan fingerprint density at radius 1 is 1.37 bits per heavy atom. The van der Waals surface area contributed by atoms with E-state index < -0.39 is 6.04 Å². The average molecular weight is 328 g/mol. The lowest BCUT2D eigenvalue weighted by molar-refractivity contribution is -0.132. The zero-order chi connectivity index (χ0) is 14.4. The van der Waals surface area contributed by atoms with Gasteiger partial charge in [-0.05, 0) is 42.8 Å². The minimum Gasteiger partial charge on any atom is -0.341 e. The van der Waals surface area contributed by atoms with Gasteiger partial charge in [0.1, 0.15) is 6.04 Å². The van der Waals surface area contributed by atoms with Gasteiger partial charge in [0.05, 0.1) is 5.56 Å². The van der Waals surface area contributed by atoms with Gasteiger partial charge in [-0.1, -0.05) is 0 Å². The van der Waals surface area contributed by atoms with Crippen LogP contribution in [-0.2, 0) is 4.79 Å². The van der Waals surface area contributed by atoms with Crippen molar-refractivity contribution in [3.8, 4) is 0 Å². The lowest BCUT2D eigenvalue weighted by Crippen LogP contribution is -2.46. The van der Waals surface area contributed by atoms with Crippen molar-refractivity contribution in [1.29, 1.82) is 0 Å². The quantitative estimate of drug-likeness (QED) is 0.897. The number of nitrogens with one attached hydrogen (secondary N) is 1. The standard InChI is InChI=1S/C13H18BrN3O2/c1-4-17(5-2)13(19)9(3)16-12(18)10-6-11(14)8-15-7-10/h6-9H,4-5H2,1-3H3,(H,16,18). The molecule has 2 amide bonds. The molecule has 0 saturated carbocycles. The summed E-state index contributed by atoms with van der Waals surface area (Å²) < 4.78 is 0.725. The second kappa shape index (κ2) is 7.23. The van der Waals surface area contributed by atoms with Crippen LogP contribution in [0.4, 0.5) is 0 Å². The van der Waals surface area contributed by atoms with Gasteiger partial charge >= 0.3 is 0 Å². The van der Waals surface area contributed by atoms with Gasteiger partial charge in [0, 0.05) is 30.0 Å². The van der Waals surface area contributed by atoms with Crippen LogP contribution in [0.25, 0.3) is 0 Å². The molecule has 0 aliphatic carbocycles. The lowest BCUT2D eigenvalue weighted by atomic mass is 10.2. The van der Waals surface area contributed by atoms with Gasteiger partial charge in [-0.2, -0.15) is 0 Å². The number of halogens is 1. The molecule has 1 N–H and O–H groups in total. The Hall–Kier alpha value is -1.43. The molecular weight excluding hydrogens is 310 g/mol. The fourth-order valence-corrected chi connectivity index (χ4v) is 2.05. The third-order valence-corrected chi connectivity index (χ3v) is 3.19. The van der Waals surface area contributed by atoms with E-state index in [-0.39, 0.29) is 11.8 Å². The Bertz CT molecular complexity index is 461. The van der Waals surface area contributed by atoms with Crippen molar-refractivity contribution in [3.63, 3.8) is 0 Å². The Morgan fingerprint density at radius 2 is 2.00 bits per heavy atom. The van der Waals surface area contributed by atoms with Crippen molar-refractivity contribution >= 4 is 27.7 Å². The van der Waals surface area contributed by atoms with Crippen LogP contribution in [-0.4, -0.2) is 40.8 Å². The van der Waals surface area contributed by atoms with Crippen LogP contribution in [0.1, 0.15) is 31.1 Å². The highest BCUT2D eigenvalue weighted by molar-refractivity contribution is 9.10. The highest BCUT2D eigenvalue weighted by atomic mass is 79.9. The molecule has 1 rings (SSSR count). The number of nitrogens with zero attached hydrogens (tertiary/aromatic N) is 2. The fourth-order valence-electron chi connectivity index (χ4n) is 1.69. The molecule has 0 bridgehead atoms. The number of hydrogen-bond acceptors (Lipinski definition) is 3. The first kappa shape index (κ1) is 15.6. The van der Waals surface area contributed by atoms with E-state index >= 15 is 0 Å². The molecule has 19 heavy (non-hydrogen) atoms. The summed E-state index contributed by atoms with van der Waals surface area (Å²) >= 11 is 3.25. The summed E-state index contributed by atoms with van der Waals surface area (Å²) in [6.45, 7) is 6.77. The van der Waals surface area contributed by atoms with Gasteiger partial charge < -0.3 is 10.2 Å². The van der Waals surface area contributed by atoms with Gasteiger partial charge in [0.2, 0.25) is 5.91 Å². The monoisotopic (exact) mass is 327 g/mol. The van der Waals surface area contributed by atoms with E-state index in [0.717, 1.165) is 4.47 Å². The molecular formula is C13H18BrN3O2. The summed E-state index contributed by atoms with van der Waals surface area (Å²) in [4.78, 5) is 29.6. The topological polar surface area (TPSA) is 62.3 Å². The first-order chi connectivity index (χ1) is 8.99. The Balaban J connectivity index is 2.69. The lowest BCUT2D eigenvalue weighted by Gasteiger charge is -2.23. The van der Waals surface area contributed by atoms with Gasteiger partial charge in [0.25, 0.3) is 5.91 Å². The van der Waals surface area contributed by atoms with Gasteiger partial charge in [-0.25, -0.2) is 0 Å². The second-order valence-corrected chi connectivity index (χ2v) is 5.01. The molecule has 1 atom stereocenters. The molecule has 1 heterocycles. The summed E-state index contributed by atoms with van der Waals surface area (Å²) in [5.74, 6) is -0.386. The third kappa shape index (κ3) is 4.31. The van der Waals surface area contributed by atoms with Gasteiger partial charge in [-0.3, -0.25) is 14.6 Å². The molecule has 6 heteroatoms. The number of amides is 2. The van der Waals surface area contributed by atoms with Crippen LogP contribution in [0.15, 0.2) is 22.9 Å². The van der Waals surface area contributed by atoms with Crippen molar-refractivity contribution in [1.82, 2.24) is 15.2 Å². The van der Waals surface area contributed by atoms with Crippen molar-refractivity contribution in [2.24, 2.45) is 0 Å². The number of carbonyl (C=O) groups excluding carboxylic acids is 2. The first-order valence-corrected chi connectivity index (χ1v) is 6.99. The van der Waals surface area contributed by atoms with Crippen molar-refractivity contribution < 1.29 is 9.59 Å². The molecule has 1 aromatic rings. The number of pyridine rings is 1. The normalized spacial score (nSPS) is 11.8. The van der Waals surface area contributed by atoms with E-state index in [9.17, 15) is 9.59 Å². The largest absolute Gasteiger partial charge is 0.341 e. The van der Waals surface area contributed by atoms with Gasteiger partial charge in [0.15, 0.2) is 0 Å². The summed E-state index contributed by atoms with van der Waals surface area (Å²) in [6, 6.07) is 1.11. The zero-order valence-electron chi connectivity index (χ0n) is 11.3. The van der Waals surface area contributed by atoms with E-state index in [1.165, 1.54) is 6.20 Å². The maximum absolute atomic E-state index is 12.0. The zero-order valence-corrected chi connectivity index (χ0v) is 12.9. The SMILES string of the molecule is CCN(CC)C(=O)C(C)NC(=O)c1cncc(Br)c1. The Kier molecular flexibility index (Phi) is 5.95. The summed E-state index contributed by atoms with van der Waals surface area (Å²) in [7, 11) is 0. The van der Waals surface area contributed by atoms with Crippen LogP contribution in [0.5, 0.6) is 0 Å². The number of aromatic nitrogens is 1. The van der Waals surface area contributed by atoms with Crippen LogP contribution in [0.2, 0.25) is 0 Å². The number of carbonyl (C=O) groups is 2. The summed E-state index contributed by atoms with van der Waals surface area (Å²) in [5, 5.41) is 2.68. The third-order valence-electron chi connectivity index (χ3n) is 2.76. The number of hydrogen-bond donors (Lipinski definition) is 1. The Morgan fingerprint density at radius 3 is 2.53 bits per heavy atom. The highest BCUT2D eigenvalue weighted by Crippen LogP contribution is 2.09. The second-order valence-electron chi connectivity index (χ2n) is 4.10. The van der Waals surface area contributed by atoms with E-state index in [4.69, 9.17) is 0 Å². The molecule has 1 unspecified atom stereocenters. The smallest absolute Gasteiger partial charge is 0.253 e. The van der Waals surface area contributed by atoms with Crippen LogP contribution in [0, 0.1) is 0 Å². The maximum atomic E-state index is 12.0. The molecule has 0 aliphatic heterocycles. The first-order valence-electron chi connectivity index (χ1n) is 6.19. The molecule has 104 valence electrons. The molecule has 0 spiro atoms. The molecule has 0 fully saturated rings. The van der Waals surface area contributed by atoms with E-state index in [1.807, 2.05) is 13.8 Å². The Labute approximate surface area is 121 Å². The molecule has 0 saturated heterocycles. The number of likely N-dealkylation sites (N-methyl/N-ethyl adjacent to an activating group) is 1. The highest BCUT2D eigenvalue weighted by Gasteiger charge is 2.20. The number of rotatable bonds is 5. The maximum Gasteiger partial charge on any atom is 0.253 e. The van der Waals surface area contributed by atoms with Crippen molar-refractivity contribution in [2.75, 3.05) is 13.1 Å². The fraction of sp³-hybridized carbons (Fsp3) is 0.462. The summed E-state index contributed by atoms with van der Waals surface area (Å²) in [5.41, 5.74) is 0.425.